The van der Waals surface area contributed by atoms with Crippen LogP contribution in [0.5, 0.6) is 0 Å². The number of hydrogen-bond acceptors (Lipinski definition) is 2. The quantitative estimate of drug-likeness (QED) is 0.659. The van der Waals surface area contributed by atoms with Gasteiger partial charge < -0.3 is 10.2 Å². The summed E-state index contributed by atoms with van der Waals surface area (Å²) in [5.41, 5.74) is -0.307. The number of aliphatic carboxylic acids is 2. The van der Waals surface area contributed by atoms with Crippen LogP contribution in [0.4, 0.5) is 0 Å². The lowest BCUT2D eigenvalue weighted by atomic mass is 9.80. The van der Waals surface area contributed by atoms with Crippen LogP contribution in [0.1, 0.15) is 12.8 Å². The Bertz CT molecular complexity index is 364. The van der Waals surface area contributed by atoms with Crippen LogP contribution >= 0.6 is 0 Å². The van der Waals surface area contributed by atoms with E-state index in [9.17, 15) is 9.59 Å². The van der Waals surface area contributed by atoms with E-state index in [0.29, 0.717) is 12.8 Å². The first-order valence-electron chi connectivity index (χ1n) is 3.94. The van der Waals surface area contributed by atoms with E-state index in [2.05, 4.69) is 0 Å². The summed E-state index contributed by atoms with van der Waals surface area (Å²) in [6, 6.07) is 0. The van der Waals surface area contributed by atoms with E-state index in [0.717, 1.165) is 5.57 Å². The number of rotatable bonds is 2. The lowest BCUT2D eigenvalue weighted by Gasteiger charge is -2.21. The maximum absolute atomic E-state index is 11.0. The molecule has 2 rings (SSSR count). The topological polar surface area (TPSA) is 74.6 Å². The van der Waals surface area contributed by atoms with E-state index in [1.807, 2.05) is 0 Å². The summed E-state index contributed by atoms with van der Waals surface area (Å²) in [6.07, 6.45) is 3.92. The van der Waals surface area contributed by atoms with E-state index < -0.39 is 17.4 Å². The molecule has 13 heavy (non-hydrogen) atoms. The first-order valence-corrected chi connectivity index (χ1v) is 3.94. The summed E-state index contributed by atoms with van der Waals surface area (Å²) >= 11 is 0. The summed E-state index contributed by atoms with van der Waals surface area (Å²) in [4.78, 5) is 21.7. The SMILES string of the molecule is O=C(O)C1=CC2=CCC1(C(=O)O)C2. The minimum atomic E-state index is -1.17. The number of carboxylic acid groups (broad SMARTS) is 2. The molecule has 0 radical (unpaired) electrons. The molecule has 0 aromatic heterocycles. The fraction of sp³-hybridized carbons (Fsp3) is 0.333. The Hall–Kier alpha value is -1.58. The minimum absolute atomic E-state index is 0.0255. The van der Waals surface area contributed by atoms with Crippen molar-refractivity contribution in [3.63, 3.8) is 0 Å². The molecule has 4 nitrogen and oxygen atoms in total. The van der Waals surface area contributed by atoms with E-state index in [-0.39, 0.29) is 5.57 Å². The molecule has 0 aromatic rings. The molecule has 0 amide bonds. The molecule has 0 saturated heterocycles. The molecule has 4 heteroatoms. The van der Waals surface area contributed by atoms with Crippen molar-refractivity contribution in [1.29, 1.82) is 0 Å². The highest BCUT2D eigenvalue weighted by atomic mass is 16.4. The van der Waals surface area contributed by atoms with E-state index in [1.54, 1.807) is 6.08 Å². The van der Waals surface area contributed by atoms with Gasteiger partial charge in [-0.15, -0.1) is 0 Å². The van der Waals surface area contributed by atoms with Crippen molar-refractivity contribution >= 4 is 11.9 Å². The zero-order valence-electron chi connectivity index (χ0n) is 6.78. The van der Waals surface area contributed by atoms with Crippen LogP contribution in [0.2, 0.25) is 0 Å². The van der Waals surface area contributed by atoms with E-state index in [4.69, 9.17) is 10.2 Å². The molecule has 0 aliphatic heterocycles. The first-order chi connectivity index (χ1) is 6.06. The third-order valence-electron chi connectivity index (χ3n) is 2.70. The van der Waals surface area contributed by atoms with Crippen molar-refractivity contribution < 1.29 is 19.8 Å². The molecule has 68 valence electrons. The second-order valence-corrected chi connectivity index (χ2v) is 3.41. The highest BCUT2D eigenvalue weighted by molar-refractivity contribution is 5.99. The highest BCUT2D eigenvalue weighted by Crippen LogP contribution is 2.50. The van der Waals surface area contributed by atoms with Gasteiger partial charge in [-0.3, -0.25) is 4.79 Å². The predicted octanol–water partition coefficient (Wildman–Crippen LogP) is 0.802. The fourth-order valence-electron chi connectivity index (χ4n) is 1.98. The van der Waals surface area contributed by atoms with Crippen molar-refractivity contribution in [3.05, 3.63) is 23.3 Å². The summed E-state index contributed by atoms with van der Waals surface area (Å²) in [5, 5.41) is 17.8. The maximum atomic E-state index is 11.0. The smallest absolute Gasteiger partial charge is 0.332 e. The molecule has 2 aliphatic carbocycles. The number of allylic oxidation sites excluding steroid dienone is 3. The lowest BCUT2D eigenvalue weighted by molar-refractivity contribution is -0.149. The van der Waals surface area contributed by atoms with Gasteiger partial charge in [-0.25, -0.2) is 4.79 Å². The van der Waals surface area contributed by atoms with Gasteiger partial charge in [-0.05, 0) is 24.5 Å². The maximum Gasteiger partial charge on any atom is 0.332 e. The molecule has 2 aliphatic rings. The molecular weight excluding hydrogens is 172 g/mol. The van der Waals surface area contributed by atoms with Crippen LogP contribution in [0, 0.1) is 5.41 Å². The largest absolute Gasteiger partial charge is 0.481 e. The van der Waals surface area contributed by atoms with Gasteiger partial charge in [0.1, 0.15) is 5.41 Å². The van der Waals surface area contributed by atoms with Crippen molar-refractivity contribution in [2.24, 2.45) is 5.41 Å². The van der Waals surface area contributed by atoms with Gasteiger partial charge in [-0.2, -0.15) is 0 Å². The fourth-order valence-corrected chi connectivity index (χ4v) is 1.98. The van der Waals surface area contributed by atoms with Gasteiger partial charge >= 0.3 is 11.9 Å². The van der Waals surface area contributed by atoms with Crippen molar-refractivity contribution in [2.75, 3.05) is 0 Å². The molecule has 0 heterocycles. The summed E-state index contributed by atoms with van der Waals surface area (Å²) in [5.74, 6) is -2.16. The average Bonchev–Trinajstić information content (AvgIpc) is 2.60. The Morgan fingerprint density at radius 1 is 1.38 bits per heavy atom. The number of hydrogen-bond donors (Lipinski definition) is 2. The Balaban J connectivity index is 2.49. The second-order valence-electron chi connectivity index (χ2n) is 3.41. The number of carboxylic acids is 2. The van der Waals surface area contributed by atoms with Gasteiger partial charge in [0.05, 0.1) is 5.57 Å². The van der Waals surface area contributed by atoms with Gasteiger partial charge in [0.15, 0.2) is 0 Å². The minimum Gasteiger partial charge on any atom is -0.481 e. The average molecular weight is 180 g/mol. The Labute approximate surface area is 74.2 Å². The number of fused-ring (bicyclic) bond motifs is 2. The monoisotopic (exact) mass is 180 g/mol. The first kappa shape index (κ1) is 8.04. The molecule has 2 bridgehead atoms. The zero-order valence-corrected chi connectivity index (χ0v) is 6.78. The molecule has 0 fully saturated rings. The van der Waals surface area contributed by atoms with Crippen LogP contribution < -0.4 is 0 Å². The third kappa shape index (κ3) is 0.854. The molecular formula is C9H8O4. The van der Waals surface area contributed by atoms with Gasteiger partial charge in [0.2, 0.25) is 0 Å². The molecule has 1 unspecified atom stereocenters. The Morgan fingerprint density at radius 3 is 2.46 bits per heavy atom. The van der Waals surface area contributed by atoms with Crippen LogP contribution in [0.25, 0.3) is 0 Å². The highest BCUT2D eigenvalue weighted by Gasteiger charge is 2.51. The number of carbonyl (C=O) groups is 2. The summed E-state index contributed by atoms with van der Waals surface area (Å²) in [7, 11) is 0. The molecule has 2 N–H and O–H groups in total. The van der Waals surface area contributed by atoms with Crippen LogP contribution in [0.3, 0.4) is 0 Å². The van der Waals surface area contributed by atoms with Crippen molar-refractivity contribution in [1.82, 2.24) is 0 Å². The van der Waals surface area contributed by atoms with Crippen molar-refractivity contribution in [3.8, 4) is 0 Å². The molecule has 0 saturated carbocycles. The van der Waals surface area contributed by atoms with Crippen LogP contribution in [-0.4, -0.2) is 22.2 Å². The standard InChI is InChI=1S/C9H8O4/c10-7(11)6-3-5-1-2-9(6,4-5)8(12)13/h1,3H,2,4H2,(H,10,11)(H,12,13). The second kappa shape index (κ2) is 2.22. The molecule has 0 spiro atoms. The van der Waals surface area contributed by atoms with E-state index in [1.165, 1.54) is 6.08 Å². The molecule has 0 aromatic carbocycles. The van der Waals surface area contributed by atoms with Gasteiger partial charge in [-0.1, -0.05) is 6.08 Å². The zero-order chi connectivity index (χ0) is 9.64. The molecule has 1 atom stereocenters. The van der Waals surface area contributed by atoms with Crippen LogP contribution in [0.15, 0.2) is 23.3 Å². The third-order valence-corrected chi connectivity index (χ3v) is 2.70. The summed E-state index contributed by atoms with van der Waals surface area (Å²) in [6.45, 7) is 0. The Morgan fingerprint density at radius 2 is 2.08 bits per heavy atom. The Kier molecular flexibility index (Phi) is 1.37. The normalized spacial score (nSPS) is 29.8. The van der Waals surface area contributed by atoms with E-state index >= 15 is 0 Å². The lowest BCUT2D eigenvalue weighted by Crippen LogP contribution is -2.32. The van der Waals surface area contributed by atoms with Crippen LogP contribution in [-0.2, 0) is 9.59 Å². The van der Waals surface area contributed by atoms with Crippen molar-refractivity contribution in [2.45, 2.75) is 12.8 Å². The van der Waals surface area contributed by atoms with Gasteiger partial charge in [0.25, 0.3) is 0 Å². The van der Waals surface area contributed by atoms with Gasteiger partial charge in [0, 0.05) is 0 Å². The predicted molar refractivity (Wildman–Crippen MR) is 43.1 cm³/mol. The summed E-state index contributed by atoms with van der Waals surface area (Å²) < 4.78 is 0.